The van der Waals surface area contributed by atoms with Gasteiger partial charge in [-0.25, -0.2) is 0 Å². The molecule has 5 heteroatoms. The van der Waals surface area contributed by atoms with Crippen LogP contribution in [0.15, 0.2) is 18.5 Å². The van der Waals surface area contributed by atoms with E-state index in [-0.39, 0.29) is 12.1 Å². The minimum absolute atomic E-state index is 0.145. The molecule has 100 valence electrons. The lowest BCUT2D eigenvalue weighted by Crippen LogP contribution is -2.38. The van der Waals surface area contributed by atoms with E-state index in [1.165, 1.54) is 0 Å². The smallest absolute Gasteiger partial charge is 0.0861 e. The van der Waals surface area contributed by atoms with Gasteiger partial charge in [-0.1, -0.05) is 6.92 Å². The summed E-state index contributed by atoms with van der Waals surface area (Å²) in [6, 6.07) is 2.00. The highest BCUT2D eigenvalue weighted by Crippen LogP contribution is 2.28. The summed E-state index contributed by atoms with van der Waals surface area (Å²) in [6.07, 6.45) is 4.86. The molecule has 3 N–H and O–H groups in total. The van der Waals surface area contributed by atoms with E-state index in [4.69, 9.17) is 10.5 Å². The molecule has 1 fully saturated rings. The lowest BCUT2D eigenvalue weighted by atomic mass is 10.0. The fourth-order valence-corrected chi connectivity index (χ4v) is 3.02. The average molecular weight is 267 g/mol. The summed E-state index contributed by atoms with van der Waals surface area (Å²) < 4.78 is 5.88. The third-order valence-corrected chi connectivity index (χ3v) is 4.07. The molecule has 1 aromatic rings. The number of aromatic nitrogens is 1. The molecule has 0 amide bonds. The Balaban J connectivity index is 2.15. The summed E-state index contributed by atoms with van der Waals surface area (Å²) in [4.78, 5) is 4.19. The standard InChI is InChI=1S/C13H21N3OS/c1-2-4-16-13(12-9-18-7-6-17-12)10-8-15-5-3-11(10)14/h3,5,8,12-13,16H,2,4,6-7,9H2,1H3,(H2,14,15). The third-order valence-electron chi connectivity index (χ3n) is 3.05. The maximum atomic E-state index is 6.06. The van der Waals surface area contributed by atoms with Crippen LogP contribution in [-0.4, -0.2) is 35.7 Å². The molecular formula is C13H21N3OS. The fourth-order valence-electron chi connectivity index (χ4n) is 2.12. The normalized spacial score (nSPS) is 21.7. The number of hydrogen-bond acceptors (Lipinski definition) is 5. The number of pyridine rings is 1. The number of nitrogen functional groups attached to an aromatic ring is 1. The van der Waals surface area contributed by atoms with Crippen LogP contribution in [0.2, 0.25) is 0 Å². The zero-order valence-electron chi connectivity index (χ0n) is 10.8. The highest BCUT2D eigenvalue weighted by molar-refractivity contribution is 7.99. The van der Waals surface area contributed by atoms with Crippen LogP contribution >= 0.6 is 11.8 Å². The SMILES string of the molecule is CCCNC(c1cnccc1N)C1CSCCO1. The summed E-state index contributed by atoms with van der Waals surface area (Å²) in [5, 5.41) is 3.54. The third kappa shape index (κ3) is 3.37. The Morgan fingerprint density at radius 3 is 3.22 bits per heavy atom. The highest BCUT2D eigenvalue weighted by Gasteiger charge is 2.27. The van der Waals surface area contributed by atoms with E-state index in [2.05, 4.69) is 17.2 Å². The second-order valence-electron chi connectivity index (χ2n) is 4.42. The number of anilines is 1. The van der Waals surface area contributed by atoms with Crippen LogP contribution in [0.5, 0.6) is 0 Å². The van der Waals surface area contributed by atoms with Gasteiger partial charge in [0.2, 0.25) is 0 Å². The minimum Gasteiger partial charge on any atom is -0.398 e. The molecule has 0 aliphatic carbocycles. The Labute approximate surface area is 113 Å². The molecule has 0 spiro atoms. The monoisotopic (exact) mass is 267 g/mol. The summed E-state index contributed by atoms with van der Waals surface area (Å²) in [6.45, 7) is 3.94. The molecule has 1 aliphatic heterocycles. The van der Waals surface area contributed by atoms with Crippen LogP contribution in [0.3, 0.4) is 0 Å². The molecular weight excluding hydrogens is 246 g/mol. The van der Waals surface area contributed by atoms with Crippen molar-refractivity contribution in [3.63, 3.8) is 0 Å². The van der Waals surface area contributed by atoms with Crippen molar-refractivity contribution in [1.82, 2.24) is 10.3 Å². The summed E-state index contributed by atoms with van der Waals surface area (Å²) >= 11 is 1.94. The van der Waals surface area contributed by atoms with Gasteiger partial charge in [-0.2, -0.15) is 11.8 Å². The van der Waals surface area contributed by atoms with Crippen molar-refractivity contribution in [2.45, 2.75) is 25.5 Å². The fraction of sp³-hybridized carbons (Fsp3) is 0.615. The minimum atomic E-state index is 0.145. The number of rotatable bonds is 5. The van der Waals surface area contributed by atoms with Crippen molar-refractivity contribution in [3.05, 3.63) is 24.0 Å². The second-order valence-corrected chi connectivity index (χ2v) is 5.57. The van der Waals surface area contributed by atoms with Crippen LogP contribution < -0.4 is 11.1 Å². The maximum absolute atomic E-state index is 6.06. The topological polar surface area (TPSA) is 60.2 Å². The van der Waals surface area contributed by atoms with Crippen LogP contribution in [0.4, 0.5) is 5.69 Å². The average Bonchev–Trinajstić information content (AvgIpc) is 2.42. The van der Waals surface area contributed by atoms with E-state index < -0.39 is 0 Å². The van der Waals surface area contributed by atoms with Crippen molar-refractivity contribution in [2.24, 2.45) is 0 Å². The number of nitrogens with zero attached hydrogens (tertiary/aromatic N) is 1. The number of nitrogens with one attached hydrogen (secondary N) is 1. The first-order valence-electron chi connectivity index (χ1n) is 6.45. The molecule has 1 saturated heterocycles. The Morgan fingerprint density at radius 1 is 1.67 bits per heavy atom. The van der Waals surface area contributed by atoms with Gasteiger partial charge in [0, 0.05) is 35.2 Å². The summed E-state index contributed by atoms with van der Waals surface area (Å²) in [5.41, 5.74) is 7.90. The van der Waals surface area contributed by atoms with Gasteiger partial charge < -0.3 is 15.8 Å². The number of thioether (sulfide) groups is 1. The predicted octanol–water partition coefficient (Wildman–Crippen LogP) is 1.84. The molecule has 0 radical (unpaired) electrons. The van der Waals surface area contributed by atoms with Gasteiger partial charge in [-0.3, -0.25) is 4.98 Å². The van der Waals surface area contributed by atoms with Gasteiger partial charge >= 0.3 is 0 Å². The van der Waals surface area contributed by atoms with E-state index in [0.29, 0.717) is 0 Å². The molecule has 18 heavy (non-hydrogen) atoms. The quantitative estimate of drug-likeness (QED) is 0.852. The Bertz CT molecular complexity index is 369. The molecule has 1 aliphatic rings. The van der Waals surface area contributed by atoms with Gasteiger partial charge in [-0.05, 0) is 19.0 Å². The molecule has 0 bridgehead atoms. The van der Waals surface area contributed by atoms with Crippen LogP contribution in [-0.2, 0) is 4.74 Å². The van der Waals surface area contributed by atoms with Crippen molar-refractivity contribution in [2.75, 3.05) is 30.4 Å². The molecule has 0 aromatic carbocycles. The second kappa shape index (κ2) is 6.97. The largest absolute Gasteiger partial charge is 0.398 e. The lowest BCUT2D eigenvalue weighted by Gasteiger charge is -2.31. The summed E-state index contributed by atoms with van der Waals surface area (Å²) in [5.74, 6) is 2.09. The van der Waals surface area contributed by atoms with Crippen molar-refractivity contribution < 1.29 is 4.74 Å². The molecule has 0 saturated carbocycles. The van der Waals surface area contributed by atoms with Gasteiger partial charge in [0.15, 0.2) is 0 Å². The molecule has 4 nitrogen and oxygen atoms in total. The van der Waals surface area contributed by atoms with Crippen molar-refractivity contribution >= 4 is 17.4 Å². The van der Waals surface area contributed by atoms with E-state index in [9.17, 15) is 0 Å². The van der Waals surface area contributed by atoms with Crippen molar-refractivity contribution in [3.8, 4) is 0 Å². The highest BCUT2D eigenvalue weighted by atomic mass is 32.2. The first kappa shape index (κ1) is 13.6. The van der Waals surface area contributed by atoms with E-state index in [1.807, 2.05) is 24.0 Å². The number of ether oxygens (including phenoxy) is 1. The molecule has 2 atom stereocenters. The van der Waals surface area contributed by atoms with Gasteiger partial charge in [0.25, 0.3) is 0 Å². The van der Waals surface area contributed by atoms with Crippen LogP contribution in [0, 0.1) is 0 Å². The lowest BCUT2D eigenvalue weighted by molar-refractivity contribution is 0.0469. The first-order chi connectivity index (χ1) is 8.83. The number of hydrogen-bond donors (Lipinski definition) is 2. The Morgan fingerprint density at radius 2 is 2.56 bits per heavy atom. The first-order valence-corrected chi connectivity index (χ1v) is 7.60. The zero-order valence-corrected chi connectivity index (χ0v) is 11.6. The van der Waals surface area contributed by atoms with Crippen LogP contribution in [0.1, 0.15) is 24.9 Å². The van der Waals surface area contributed by atoms with Gasteiger partial charge in [0.1, 0.15) is 0 Å². The molecule has 2 unspecified atom stereocenters. The van der Waals surface area contributed by atoms with E-state index in [1.54, 1.807) is 6.20 Å². The number of nitrogens with two attached hydrogens (primary N) is 1. The Hall–Kier alpha value is -0.780. The zero-order chi connectivity index (χ0) is 12.8. The van der Waals surface area contributed by atoms with E-state index in [0.717, 1.165) is 42.3 Å². The molecule has 2 heterocycles. The van der Waals surface area contributed by atoms with Gasteiger partial charge in [0.05, 0.1) is 18.8 Å². The predicted molar refractivity (Wildman–Crippen MR) is 76.7 cm³/mol. The van der Waals surface area contributed by atoms with E-state index >= 15 is 0 Å². The maximum Gasteiger partial charge on any atom is 0.0861 e. The molecule has 2 rings (SSSR count). The molecule has 1 aromatic heterocycles. The summed E-state index contributed by atoms with van der Waals surface area (Å²) in [7, 11) is 0. The van der Waals surface area contributed by atoms with Crippen molar-refractivity contribution in [1.29, 1.82) is 0 Å². The van der Waals surface area contributed by atoms with Gasteiger partial charge in [-0.15, -0.1) is 0 Å². The Kier molecular flexibility index (Phi) is 5.28. The van der Waals surface area contributed by atoms with Crippen LogP contribution in [0.25, 0.3) is 0 Å².